The van der Waals surface area contributed by atoms with E-state index in [4.69, 9.17) is 4.74 Å². The molecule has 2 heterocycles. The number of fused-ring (bicyclic) bond motifs is 1. The number of benzene rings is 1. The molecule has 0 saturated heterocycles. The van der Waals surface area contributed by atoms with E-state index >= 15 is 0 Å². The lowest BCUT2D eigenvalue weighted by Gasteiger charge is -2.17. The van der Waals surface area contributed by atoms with Crippen molar-refractivity contribution in [1.82, 2.24) is 9.29 Å². The molecule has 0 fully saturated rings. The Balaban J connectivity index is 1.96. The number of halogens is 3. The quantitative estimate of drug-likeness (QED) is 0.594. The van der Waals surface area contributed by atoms with Crippen LogP contribution < -0.4 is 14.8 Å². The van der Waals surface area contributed by atoms with Gasteiger partial charge in [0.1, 0.15) is 17.6 Å². The number of rotatable bonds is 3. The van der Waals surface area contributed by atoms with E-state index in [2.05, 4.69) is 21.9 Å². The van der Waals surface area contributed by atoms with Crippen LogP contribution in [0.15, 0.2) is 29.3 Å². The Labute approximate surface area is 182 Å². The van der Waals surface area contributed by atoms with Crippen LogP contribution in [0, 0.1) is 18.8 Å². The predicted molar refractivity (Wildman–Crippen MR) is 109 cm³/mol. The number of nitrogens with one attached hydrogen (secondary N) is 2. The summed E-state index contributed by atoms with van der Waals surface area (Å²) in [5.41, 5.74) is -1.25. The molecule has 0 spiro atoms. The third kappa shape index (κ3) is 4.59. The molecule has 0 saturated carbocycles. The summed E-state index contributed by atoms with van der Waals surface area (Å²) in [6.07, 6.45) is -4.81. The Kier molecular flexibility index (Phi) is 6.28. The van der Waals surface area contributed by atoms with E-state index in [1.807, 2.05) is 0 Å². The molecule has 172 valence electrons. The van der Waals surface area contributed by atoms with Gasteiger partial charge in [-0.1, -0.05) is 12.0 Å². The summed E-state index contributed by atoms with van der Waals surface area (Å²) in [5.74, 6) is 3.75. The molecule has 1 aliphatic rings. The molecule has 0 bridgehead atoms. The first-order chi connectivity index (χ1) is 14.8. The lowest BCUT2D eigenvalue weighted by molar-refractivity contribution is -0.138. The number of nitrogens with zero attached hydrogens (tertiary/aromatic N) is 1. The summed E-state index contributed by atoms with van der Waals surface area (Å²) >= 11 is 0. The maximum absolute atomic E-state index is 13.2. The van der Waals surface area contributed by atoms with Crippen molar-refractivity contribution in [3.8, 4) is 17.6 Å². The van der Waals surface area contributed by atoms with Gasteiger partial charge in [0.15, 0.2) is 11.4 Å². The van der Waals surface area contributed by atoms with Crippen molar-refractivity contribution >= 4 is 21.6 Å². The van der Waals surface area contributed by atoms with Crippen molar-refractivity contribution in [1.29, 1.82) is 0 Å². The van der Waals surface area contributed by atoms with Gasteiger partial charge in [-0.05, 0) is 31.5 Å². The molecular formula is C20H20F3N3O5S. The molecule has 1 aromatic heterocycles. The number of ether oxygens (including phenoxy) is 1. The first kappa shape index (κ1) is 23.6. The summed E-state index contributed by atoms with van der Waals surface area (Å²) < 4.78 is 74.0. The molecule has 12 heteroatoms. The number of carbonyl (C=O) groups is 1. The van der Waals surface area contributed by atoms with Crippen LogP contribution in [-0.2, 0) is 23.2 Å². The molecule has 0 unspecified atom stereocenters. The van der Waals surface area contributed by atoms with Gasteiger partial charge in [-0.15, -0.1) is 5.92 Å². The maximum atomic E-state index is 13.2. The largest absolute Gasteiger partial charge is 0.488 e. The molecule has 2 aromatic rings. The second-order valence-corrected chi connectivity index (χ2v) is 8.82. The van der Waals surface area contributed by atoms with Crippen LogP contribution in [0.4, 0.5) is 18.9 Å². The standard InChI is InChI=1S/C20H20F3N3O5S/c1-4-5-15(27)14-10-31-18-16(32(29,30)25-14)9-26(3)17(18)19(28)24-12-7-6-11(2)13(8-12)20(21,22)23/h6-9,14-15,25,27H,10H2,1-3H3,(H,24,28)/t14-,15+/m0/s1. The minimum absolute atomic E-state index is 0.0106. The first-order valence-electron chi connectivity index (χ1n) is 9.29. The van der Waals surface area contributed by atoms with E-state index in [0.29, 0.717) is 0 Å². The summed E-state index contributed by atoms with van der Waals surface area (Å²) in [5, 5.41) is 12.4. The van der Waals surface area contributed by atoms with Crippen LogP contribution in [0.2, 0.25) is 0 Å². The highest BCUT2D eigenvalue weighted by molar-refractivity contribution is 7.89. The van der Waals surface area contributed by atoms with Crippen molar-refractivity contribution in [3.63, 3.8) is 0 Å². The van der Waals surface area contributed by atoms with E-state index < -0.39 is 39.8 Å². The molecule has 3 rings (SSSR count). The fourth-order valence-electron chi connectivity index (χ4n) is 3.24. The van der Waals surface area contributed by atoms with Gasteiger partial charge in [0.2, 0.25) is 10.0 Å². The zero-order chi connectivity index (χ0) is 23.8. The summed E-state index contributed by atoms with van der Waals surface area (Å²) in [6, 6.07) is 2.23. The number of aromatic nitrogens is 1. The molecular weight excluding hydrogens is 451 g/mol. The van der Waals surface area contributed by atoms with Crippen LogP contribution in [0.25, 0.3) is 0 Å². The number of hydrogen-bond acceptors (Lipinski definition) is 5. The molecule has 8 nitrogen and oxygen atoms in total. The number of carbonyl (C=O) groups excluding carboxylic acids is 1. The monoisotopic (exact) mass is 471 g/mol. The maximum Gasteiger partial charge on any atom is 0.416 e. The smallest absolute Gasteiger partial charge is 0.416 e. The summed E-state index contributed by atoms with van der Waals surface area (Å²) in [6.45, 7) is 2.45. The van der Waals surface area contributed by atoms with Crippen molar-refractivity contribution in [2.24, 2.45) is 7.05 Å². The van der Waals surface area contributed by atoms with E-state index in [1.54, 1.807) is 0 Å². The highest BCUT2D eigenvalue weighted by Crippen LogP contribution is 2.35. The molecule has 32 heavy (non-hydrogen) atoms. The van der Waals surface area contributed by atoms with E-state index in [-0.39, 0.29) is 34.2 Å². The normalized spacial score (nSPS) is 18.4. The topological polar surface area (TPSA) is 110 Å². The fraction of sp³-hybridized carbons (Fsp3) is 0.350. The summed E-state index contributed by atoms with van der Waals surface area (Å²) in [4.78, 5) is 12.5. The van der Waals surface area contributed by atoms with Gasteiger partial charge < -0.3 is 19.7 Å². The van der Waals surface area contributed by atoms with Crippen LogP contribution in [-0.4, -0.2) is 42.8 Å². The predicted octanol–water partition coefficient (Wildman–Crippen LogP) is 2.03. The molecule has 0 aliphatic carbocycles. The average Bonchev–Trinajstić information content (AvgIpc) is 2.96. The Bertz CT molecular complexity index is 1230. The van der Waals surface area contributed by atoms with Crippen LogP contribution >= 0.6 is 0 Å². The highest BCUT2D eigenvalue weighted by Gasteiger charge is 2.37. The third-order valence-electron chi connectivity index (χ3n) is 4.80. The number of anilines is 1. The summed E-state index contributed by atoms with van der Waals surface area (Å²) in [7, 11) is -2.79. The van der Waals surface area contributed by atoms with Gasteiger partial charge >= 0.3 is 6.18 Å². The number of amides is 1. The van der Waals surface area contributed by atoms with Crippen LogP contribution in [0.1, 0.15) is 28.5 Å². The number of aryl methyl sites for hydroxylation is 2. The second-order valence-electron chi connectivity index (χ2n) is 7.14. The number of alkyl halides is 3. The van der Waals surface area contributed by atoms with Crippen molar-refractivity contribution in [3.05, 3.63) is 41.2 Å². The van der Waals surface area contributed by atoms with Gasteiger partial charge in [-0.2, -0.15) is 13.2 Å². The average molecular weight is 471 g/mol. The Morgan fingerprint density at radius 2 is 2.09 bits per heavy atom. The van der Waals surface area contributed by atoms with Gasteiger partial charge in [0.05, 0.1) is 11.6 Å². The molecule has 1 amide bonds. The van der Waals surface area contributed by atoms with Crippen LogP contribution in [0.5, 0.6) is 5.75 Å². The Morgan fingerprint density at radius 3 is 2.72 bits per heavy atom. The minimum Gasteiger partial charge on any atom is -0.488 e. The van der Waals surface area contributed by atoms with E-state index in [9.17, 15) is 31.5 Å². The van der Waals surface area contributed by atoms with E-state index in [1.165, 1.54) is 37.6 Å². The van der Waals surface area contributed by atoms with Gasteiger partial charge in [-0.3, -0.25) is 4.79 Å². The third-order valence-corrected chi connectivity index (χ3v) is 6.28. The first-order valence-corrected chi connectivity index (χ1v) is 10.8. The van der Waals surface area contributed by atoms with Crippen LogP contribution in [0.3, 0.4) is 0 Å². The Hall–Kier alpha value is -3.01. The zero-order valence-corrected chi connectivity index (χ0v) is 18.1. The lowest BCUT2D eigenvalue weighted by Crippen LogP contribution is -2.45. The minimum atomic E-state index is -4.60. The second kappa shape index (κ2) is 8.50. The number of aliphatic hydroxyl groups excluding tert-OH is 1. The molecule has 0 radical (unpaired) electrons. The number of hydrogen-bond donors (Lipinski definition) is 3. The van der Waals surface area contributed by atoms with Gasteiger partial charge in [-0.25, -0.2) is 13.1 Å². The van der Waals surface area contributed by atoms with Gasteiger partial charge in [0.25, 0.3) is 5.91 Å². The molecule has 1 aromatic carbocycles. The van der Waals surface area contributed by atoms with Gasteiger partial charge in [0, 0.05) is 18.9 Å². The molecule has 1 aliphatic heterocycles. The lowest BCUT2D eigenvalue weighted by atomic mass is 10.1. The molecule has 3 N–H and O–H groups in total. The SMILES string of the molecule is CC#C[C@@H](O)[C@@H]1COc2c(cn(C)c2C(=O)Nc2ccc(C)c(C(F)(F)F)c2)S(=O)(=O)N1. The van der Waals surface area contributed by atoms with Crippen molar-refractivity contribution in [2.75, 3.05) is 11.9 Å². The Morgan fingerprint density at radius 1 is 1.41 bits per heavy atom. The van der Waals surface area contributed by atoms with Crippen molar-refractivity contribution < 1.29 is 36.2 Å². The number of aliphatic hydroxyl groups is 1. The molecule has 2 atom stereocenters. The van der Waals surface area contributed by atoms with E-state index in [0.717, 1.165) is 12.3 Å². The number of sulfonamides is 1. The zero-order valence-electron chi connectivity index (χ0n) is 17.2. The van der Waals surface area contributed by atoms with Crippen molar-refractivity contribution in [2.45, 2.75) is 37.1 Å². The highest BCUT2D eigenvalue weighted by atomic mass is 32.2. The fourth-order valence-corrected chi connectivity index (χ4v) is 4.66.